The molecule has 0 saturated carbocycles. The number of fused-ring (bicyclic) bond motifs is 3. The number of nitrogen functional groups attached to an aromatic ring is 1. The van der Waals surface area contributed by atoms with E-state index in [0.29, 0.717) is 33.4 Å². The van der Waals surface area contributed by atoms with Gasteiger partial charge in [0.15, 0.2) is 11.5 Å². The van der Waals surface area contributed by atoms with E-state index in [4.69, 9.17) is 20.2 Å². The van der Waals surface area contributed by atoms with Gasteiger partial charge in [0.25, 0.3) is 5.91 Å². The van der Waals surface area contributed by atoms with Crippen LogP contribution in [0.1, 0.15) is 15.2 Å². The molecule has 0 saturated heterocycles. The van der Waals surface area contributed by atoms with E-state index < -0.39 is 0 Å². The molecule has 0 aliphatic heterocycles. The molecule has 4 N–H and O–H groups in total. The third-order valence-electron chi connectivity index (χ3n) is 5.58. The second-order valence-corrected chi connectivity index (χ2v) is 8.45. The molecule has 0 atom stereocenters. The van der Waals surface area contributed by atoms with E-state index in [9.17, 15) is 4.79 Å². The van der Waals surface area contributed by atoms with Crippen molar-refractivity contribution in [3.05, 3.63) is 59.1 Å². The number of ether oxygens (including phenoxy) is 2. The summed E-state index contributed by atoms with van der Waals surface area (Å²) in [5.41, 5.74) is 9.80. The number of carbonyl (C=O) groups is 1. The molecule has 7 nitrogen and oxygen atoms in total. The predicted octanol–water partition coefficient (Wildman–Crippen LogP) is 4.50. The first-order chi connectivity index (χ1) is 15.6. The van der Waals surface area contributed by atoms with Gasteiger partial charge >= 0.3 is 0 Å². The molecule has 0 unspecified atom stereocenters. The largest absolute Gasteiger partial charge is 0.493 e. The summed E-state index contributed by atoms with van der Waals surface area (Å²) in [7, 11) is 3.18. The van der Waals surface area contributed by atoms with Gasteiger partial charge in [0.1, 0.15) is 9.71 Å². The number of hydrogen-bond donors (Lipinski definition) is 3. The highest BCUT2D eigenvalue weighted by molar-refractivity contribution is 7.21. The standard InChI is InChI=1S/C24H22N4O3S/c1-30-19-10-14-9-16-21(25)22(32-24(16)28-18(14)11-20(19)31-2)23(29)26-8-7-13-12-27-17-6-4-3-5-15(13)17/h3-6,9-12,27H,7-8,25H2,1-2H3,(H,26,29). The smallest absolute Gasteiger partial charge is 0.263 e. The van der Waals surface area contributed by atoms with Crippen molar-refractivity contribution < 1.29 is 14.3 Å². The molecule has 1 amide bonds. The summed E-state index contributed by atoms with van der Waals surface area (Å²) in [5.74, 6) is 1.03. The van der Waals surface area contributed by atoms with Gasteiger partial charge in [-0.2, -0.15) is 0 Å². The van der Waals surface area contributed by atoms with Gasteiger partial charge in [-0.25, -0.2) is 4.98 Å². The van der Waals surface area contributed by atoms with E-state index >= 15 is 0 Å². The Hall–Kier alpha value is -3.78. The molecular weight excluding hydrogens is 424 g/mol. The third-order valence-corrected chi connectivity index (χ3v) is 6.69. The van der Waals surface area contributed by atoms with E-state index in [2.05, 4.69) is 16.4 Å². The summed E-state index contributed by atoms with van der Waals surface area (Å²) in [6.45, 7) is 0.512. The van der Waals surface area contributed by atoms with Crippen LogP contribution >= 0.6 is 11.3 Å². The third kappa shape index (κ3) is 3.38. The lowest BCUT2D eigenvalue weighted by Crippen LogP contribution is -2.25. The number of amides is 1. The van der Waals surface area contributed by atoms with E-state index in [1.54, 1.807) is 14.2 Å². The molecule has 0 bridgehead atoms. The summed E-state index contributed by atoms with van der Waals surface area (Å²) in [6.07, 6.45) is 2.71. The molecular formula is C24H22N4O3S. The molecule has 0 aliphatic rings. The molecule has 3 aromatic heterocycles. The van der Waals surface area contributed by atoms with Crippen LogP contribution in [0, 0.1) is 0 Å². The fraction of sp³-hybridized carbons (Fsp3) is 0.167. The lowest BCUT2D eigenvalue weighted by atomic mass is 10.1. The first kappa shape index (κ1) is 20.1. The molecule has 5 rings (SSSR count). The van der Waals surface area contributed by atoms with Crippen LogP contribution in [0.2, 0.25) is 0 Å². The van der Waals surface area contributed by atoms with E-state index in [1.165, 1.54) is 22.3 Å². The van der Waals surface area contributed by atoms with Gasteiger partial charge in [-0.1, -0.05) is 18.2 Å². The number of methoxy groups -OCH3 is 2. The number of carbonyl (C=O) groups excluding carboxylic acids is 1. The van der Waals surface area contributed by atoms with Crippen molar-refractivity contribution in [2.45, 2.75) is 6.42 Å². The molecule has 0 spiro atoms. The Morgan fingerprint density at radius 1 is 1.12 bits per heavy atom. The summed E-state index contributed by atoms with van der Waals surface area (Å²) in [6, 6.07) is 13.7. The molecule has 3 heterocycles. The summed E-state index contributed by atoms with van der Waals surface area (Å²) >= 11 is 1.29. The maximum Gasteiger partial charge on any atom is 0.263 e. The average molecular weight is 447 g/mol. The van der Waals surface area contributed by atoms with Crippen LogP contribution in [0.5, 0.6) is 11.5 Å². The topological polar surface area (TPSA) is 102 Å². The van der Waals surface area contributed by atoms with Gasteiger partial charge in [0, 0.05) is 40.5 Å². The van der Waals surface area contributed by atoms with Crippen molar-refractivity contribution in [1.29, 1.82) is 0 Å². The highest BCUT2D eigenvalue weighted by Crippen LogP contribution is 2.37. The average Bonchev–Trinajstić information content (AvgIpc) is 3.37. The molecule has 0 aliphatic carbocycles. The van der Waals surface area contributed by atoms with Crippen molar-refractivity contribution >= 4 is 55.0 Å². The monoisotopic (exact) mass is 446 g/mol. The van der Waals surface area contributed by atoms with Gasteiger partial charge in [0.05, 0.1) is 25.4 Å². The number of nitrogens with zero attached hydrogens (tertiary/aromatic N) is 1. The van der Waals surface area contributed by atoms with Crippen LogP contribution in [-0.4, -0.2) is 36.6 Å². The van der Waals surface area contributed by atoms with Gasteiger partial charge in [-0.3, -0.25) is 4.79 Å². The van der Waals surface area contributed by atoms with Crippen LogP contribution in [0.4, 0.5) is 5.69 Å². The van der Waals surface area contributed by atoms with Crippen LogP contribution in [-0.2, 0) is 6.42 Å². The highest BCUT2D eigenvalue weighted by Gasteiger charge is 2.19. The minimum atomic E-state index is -0.190. The molecule has 162 valence electrons. The molecule has 0 radical (unpaired) electrons. The summed E-state index contributed by atoms with van der Waals surface area (Å²) < 4.78 is 10.8. The second kappa shape index (κ2) is 8.05. The minimum Gasteiger partial charge on any atom is -0.493 e. The Morgan fingerprint density at radius 2 is 1.91 bits per heavy atom. The lowest BCUT2D eigenvalue weighted by molar-refractivity contribution is 0.0959. The van der Waals surface area contributed by atoms with Gasteiger partial charge < -0.3 is 25.5 Å². The van der Waals surface area contributed by atoms with Crippen molar-refractivity contribution in [2.75, 3.05) is 26.5 Å². The minimum absolute atomic E-state index is 0.190. The van der Waals surface area contributed by atoms with Crippen LogP contribution < -0.4 is 20.5 Å². The van der Waals surface area contributed by atoms with Crippen LogP contribution in [0.15, 0.2) is 48.7 Å². The number of aromatic amines is 1. The Bertz CT molecular complexity index is 1470. The van der Waals surface area contributed by atoms with E-state index in [-0.39, 0.29) is 5.91 Å². The SMILES string of the molecule is COc1cc2cc3c(N)c(C(=O)NCCc4c[nH]c5ccccc45)sc3nc2cc1OC. The normalized spacial score (nSPS) is 11.3. The predicted molar refractivity (Wildman–Crippen MR) is 129 cm³/mol. The Morgan fingerprint density at radius 3 is 2.72 bits per heavy atom. The maximum atomic E-state index is 12.9. The quantitative estimate of drug-likeness (QED) is 0.356. The van der Waals surface area contributed by atoms with E-state index in [0.717, 1.165) is 28.2 Å². The molecule has 5 aromatic rings. The highest BCUT2D eigenvalue weighted by atomic mass is 32.1. The van der Waals surface area contributed by atoms with Crippen molar-refractivity contribution in [3.8, 4) is 11.5 Å². The zero-order valence-corrected chi connectivity index (χ0v) is 18.5. The van der Waals surface area contributed by atoms with Crippen molar-refractivity contribution in [3.63, 3.8) is 0 Å². The Labute approximate surface area is 188 Å². The number of anilines is 1. The summed E-state index contributed by atoms with van der Waals surface area (Å²) in [4.78, 5) is 22.0. The number of para-hydroxylation sites is 1. The Kier molecular flexibility index (Phi) is 5.07. The maximum absolute atomic E-state index is 12.9. The first-order valence-corrected chi connectivity index (χ1v) is 11.0. The summed E-state index contributed by atoms with van der Waals surface area (Å²) in [5, 5.41) is 5.79. The number of rotatable bonds is 6. The molecule has 2 aromatic carbocycles. The van der Waals surface area contributed by atoms with E-state index in [1.807, 2.05) is 42.6 Å². The number of benzene rings is 2. The van der Waals surface area contributed by atoms with Crippen LogP contribution in [0.25, 0.3) is 32.0 Å². The molecule has 32 heavy (non-hydrogen) atoms. The van der Waals surface area contributed by atoms with Gasteiger partial charge in [-0.15, -0.1) is 11.3 Å². The zero-order chi connectivity index (χ0) is 22.2. The van der Waals surface area contributed by atoms with Crippen LogP contribution in [0.3, 0.4) is 0 Å². The number of pyridine rings is 1. The number of nitrogens with one attached hydrogen (secondary N) is 2. The lowest BCUT2D eigenvalue weighted by Gasteiger charge is -2.08. The number of hydrogen-bond acceptors (Lipinski definition) is 6. The van der Waals surface area contributed by atoms with Gasteiger partial charge in [0.2, 0.25) is 0 Å². The van der Waals surface area contributed by atoms with Crippen molar-refractivity contribution in [1.82, 2.24) is 15.3 Å². The molecule has 8 heteroatoms. The number of aromatic nitrogens is 2. The van der Waals surface area contributed by atoms with Gasteiger partial charge in [-0.05, 0) is 30.2 Å². The fourth-order valence-corrected chi connectivity index (χ4v) is 4.93. The zero-order valence-electron chi connectivity index (χ0n) is 17.7. The Balaban J connectivity index is 1.39. The number of thiophene rings is 1. The fourth-order valence-electron chi connectivity index (χ4n) is 3.93. The molecule has 0 fully saturated rings. The number of H-pyrrole nitrogens is 1. The van der Waals surface area contributed by atoms with Crippen molar-refractivity contribution in [2.24, 2.45) is 0 Å². The number of nitrogens with two attached hydrogens (primary N) is 1. The second-order valence-electron chi connectivity index (χ2n) is 7.45. The first-order valence-electron chi connectivity index (χ1n) is 10.2.